The Morgan fingerprint density at radius 3 is 2.89 bits per heavy atom. The number of anilines is 2. The van der Waals surface area contributed by atoms with Crippen LogP contribution in [-0.4, -0.2) is 23.6 Å². The fourth-order valence-electron chi connectivity index (χ4n) is 2.65. The number of fused-ring (bicyclic) bond motifs is 1. The zero-order valence-electron chi connectivity index (χ0n) is 11.2. The molecule has 3 rings (SSSR count). The van der Waals surface area contributed by atoms with Crippen molar-refractivity contribution < 1.29 is 9.90 Å². The number of nitrogens with zero attached hydrogens (tertiary/aromatic N) is 1. The highest BCUT2D eigenvalue weighted by Crippen LogP contribution is 2.37. The molecule has 2 N–H and O–H groups in total. The van der Waals surface area contributed by atoms with Crippen molar-refractivity contribution >= 4 is 17.3 Å². The van der Waals surface area contributed by atoms with Crippen molar-refractivity contribution in [1.29, 1.82) is 0 Å². The van der Waals surface area contributed by atoms with Crippen LogP contribution >= 0.6 is 0 Å². The monoisotopic (exact) mass is 260 g/mol. The zero-order chi connectivity index (χ0) is 13.4. The molecule has 1 heterocycles. The summed E-state index contributed by atoms with van der Waals surface area (Å²) in [5, 5.41) is 12.5. The standard InChI is InChI=1S/C15H20N2O2/c1-2-3-8-17(10-4-5-10)11-6-7-12-13(9-11)16-15(19)14(12)18/h6-7,9-10,14,18H,2-5,8H2,1H3,(H,16,19). The van der Waals surface area contributed by atoms with Gasteiger partial charge in [0.25, 0.3) is 5.91 Å². The van der Waals surface area contributed by atoms with E-state index in [4.69, 9.17) is 0 Å². The minimum Gasteiger partial charge on any atom is -0.378 e. The summed E-state index contributed by atoms with van der Waals surface area (Å²) in [5.41, 5.74) is 2.61. The molecule has 102 valence electrons. The second-order valence-electron chi connectivity index (χ2n) is 5.44. The molecule has 1 atom stereocenters. The number of amides is 1. The van der Waals surface area contributed by atoms with Gasteiger partial charge in [-0.15, -0.1) is 0 Å². The van der Waals surface area contributed by atoms with E-state index in [2.05, 4.69) is 17.1 Å². The van der Waals surface area contributed by atoms with E-state index in [-0.39, 0.29) is 5.91 Å². The molecule has 0 saturated heterocycles. The molecule has 1 aliphatic carbocycles. The molecule has 0 spiro atoms. The van der Waals surface area contributed by atoms with Gasteiger partial charge in [0, 0.05) is 29.5 Å². The number of hydrogen-bond acceptors (Lipinski definition) is 3. The van der Waals surface area contributed by atoms with Crippen LogP contribution in [0.5, 0.6) is 0 Å². The third-order valence-corrected chi connectivity index (χ3v) is 3.91. The molecule has 0 bridgehead atoms. The molecule has 1 unspecified atom stereocenters. The maximum absolute atomic E-state index is 11.5. The van der Waals surface area contributed by atoms with E-state index < -0.39 is 6.10 Å². The predicted octanol–water partition coefficient (Wildman–Crippen LogP) is 2.44. The van der Waals surface area contributed by atoms with Crippen molar-refractivity contribution in [3.63, 3.8) is 0 Å². The maximum atomic E-state index is 11.5. The van der Waals surface area contributed by atoms with E-state index in [1.54, 1.807) is 0 Å². The lowest BCUT2D eigenvalue weighted by molar-refractivity contribution is -0.123. The second-order valence-corrected chi connectivity index (χ2v) is 5.44. The third kappa shape index (κ3) is 2.32. The summed E-state index contributed by atoms with van der Waals surface area (Å²) in [6, 6.07) is 6.55. The number of aliphatic hydroxyl groups is 1. The molecule has 1 amide bonds. The van der Waals surface area contributed by atoms with E-state index in [0.717, 1.165) is 17.9 Å². The van der Waals surface area contributed by atoms with Gasteiger partial charge >= 0.3 is 0 Å². The summed E-state index contributed by atoms with van der Waals surface area (Å²) in [5.74, 6) is -0.321. The molecular formula is C15H20N2O2. The average Bonchev–Trinajstić information content (AvgIpc) is 3.19. The Balaban J connectivity index is 1.85. The van der Waals surface area contributed by atoms with Crippen molar-refractivity contribution in [1.82, 2.24) is 0 Å². The van der Waals surface area contributed by atoms with E-state index in [1.807, 2.05) is 18.2 Å². The highest BCUT2D eigenvalue weighted by molar-refractivity contribution is 6.02. The Hall–Kier alpha value is -1.55. The van der Waals surface area contributed by atoms with Crippen LogP contribution in [0.1, 0.15) is 44.3 Å². The number of rotatable bonds is 5. The van der Waals surface area contributed by atoms with Crippen LogP contribution < -0.4 is 10.2 Å². The minimum absolute atomic E-state index is 0.321. The van der Waals surface area contributed by atoms with Gasteiger partial charge in [0.2, 0.25) is 0 Å². The SMILES string of the molecule is CCCCN(c1ccc2c(c1)NC(=O)C2O)C1CC1. The van der Waals surface area contributed by atoms with Gasteiger partial charge in [0.1, 0.15) is 0 Å². The van der Waals surface area contributed by atoms with Crippen LogP contribution in [0.4, 0.5) is 11.4 Å². The van der Waals surface area contributed by atoms with Crippen molar-refractivity contribution in [2.45, 2.75) is 44.8 Å². The first-order valence-corrected chi connectivity index (χ1v) is 7.10. The number of unbranched alkanes of at least 4 members (excludes halogenated alkanes) is 1. The Morgan fingerprint density at radius 1 is 1.42 bits per heavy atom. The van der Waals surface area contributed by atoms with Crippen LogP contribution in [-0.2, 0) is 4.79 Å². The molecule has 4 nitrogen and oxygen atoms in total. The molecule has 0 radical (unpaired) electrons. The van der Waals surface area contributed by atoms with Gasteiger partial charge in [-0.3, -0.25) is 4.79 Å². The molecule has 1 aliphatic heterocycles. The molecule has 2 aliphatic rings. The molecular weight excluding hydrogens is 240 g/mol. The zero-order valence-corrected chi connectivity index (χ0v) is 11.2. The lowest BCUT2D eigenvalue weighted by Crippen LogP contribution is -2.26. The predicted molar refractivity (Wildman–Crippen MR) is 75.3 cm³/mol. The first kappa shape index (κ1) is 12.5. The number of aliphatic hydroxyl groups excluding tert-OH is 1. The van der Waals surface area contributed by atoms with Crippen molar-refractivity contribution in [3.8, 4) is 0 Å². The molecule has 1 aromatic rings. The van der Waals surface area contributed by atoms with Crippen molar-refractivity contribution in [3.05, 3.63) is 23.8 Å². The van der Waals surface area contributed by atoms with E-state index >= 15 is 0 Å². The summed E-state index contributed by atoms with van der Waals surface area (Å²) in [7, 11) is 0. The Labute approximate surface area is 113 Å². The summed E-state index contributed by atoms with van der Waals surface area (Å²) in [6.45, 7) is 3.26. The van der Waals surface area contributed by atoms with Gasteiger partial charge in [0.15, 0.2) is 6.10 Å². The fraction of sp³-hybridized carbons (Fsp3) is 0.533. The van der Waals surface area contributed by atoms with Gasteiger partial charge in [-0.2, -0.15) is 0 Å². The van der Waals surface area contributed by atoms with Gasteiger partial charge < -0.3 is 15.3 Å². The summed E-state index contributed by atoms with van der Waals surface area (Å²) < 4.78 is 0. The Morgan fingerprint density at radius 2 is 2.21 bits per heavy atom. The van der Waals surface area contributed by atoms with Crippen LogP contribution in [0.3, 0.4) is 0 Å². The fourth-order valence-corrected chi connectivity index (χ4v) is 2.65. The van der Waals surface area contributed by atoms with E-state index in [0.29, 0.717) is 11.6 Å². The summed E-state index contributed by atoms with van der Waals surface area (Å²) in [6.07, 6.45) is 3.88. The smallest absolute Gasteiger partial charge is 0.257 e. The highest BCUT2D eigenvalue weighted by Gasteiger charge is 2.32. The molecule has 1 saturated carbocycles. The van der Waals surface area contributed by atoms with Crippen LogP contribution in [0.25, 0.3) is 0 Å². The van der Waals surface area contributed by atoms with Crippen molar-refractivity contribution in [2.24, 2.45) is 0 Å². The van der Waals surface area contributed by atoms with Gasteiger partial charge in [-0.1, -0.05) is 19.4 Å². The average molecular weight is 260 g/mol. The Kier molecular flexibility index (Phi) is 3.19. The molecule has 4 heteroatoms. The van der Waals surface area contributed by atoms with Crippen LogP contribution in [0, 0.1) is 0 Å². The van der Waals surface area contributed by atoms with Gasteiger partial charge in [0.05, 0.1) is 0 Å². The first-order valence-electron chi connectivity index (χ1n) is 7.10. The quantitative estimate of drug-likeness (QED) is 0.855. The van der Waals surface area contributed by atoms with E-state index in [1.165, 1.54) is 25.7 Å². The lowest BCUT2D eigenvalue weighted by Gasteiger charge is -2.25. The molecule has 1 aromatic carbocycles. The normalized spacial score (nSPS) is 21.2. The summed E-state index contributed by atoms with van der Waals surface area (Å²) in [4.78, 5) is 13.9. The molecule has 0 aromatic heterocycles. The molecule has 1 fully saturated rings. The Bertz CT molecular complexity index is 497. The third-order valence-electron chi connectivity index (χ3n) is 3.91. The largest absolute Gasteiger partial charge is 0.378 e. The van der Waals surface area contributed by atoms with Crippen LogP contribution in [0.15, 0.2) is 18.2 Å². The van der Waals surface area contributed by atoms with E-state index in [9.17, 15) is 9.90 Å². The number of nitrogens with one attached hydrogen (secondary N) is 1. The van der Waals surface area contributed by atoms with Crippen LogP contribution in [0.2, 0.25) is 0 Å². The second kappa shape index (κ2) is 4.85. The lowest BCUT2D eigenvalue weighted by atomic mass is 10.1. The topological polar surface area (TPSA) is 52.6 Å². The number of benzene rings is 1. The maximum Gasteiger partial charge on any atom is 0.257 e. The molecule has 19 heavy (non-hydrogen) atoms. The summed E-state index contributed by atoms with van der Waals surface area (Å²) >= 11 is 0. The highest BCUT2D eigenvalue weighted by atomic mass is 16.3. The first-order chi connectivity index (χ1) is 9.20. The number of carbonyl (C=O) groups is 1. The number of hydrogen-bond donors (Lipinski definition) is 2. The minimum atomic E-state index is -1.01. The number of carbonyl (C=O) groups excluding carboxylic acids is 1. The van der Waals surface area contributed by atoms with Crippen molar-refractivity contribution in [2.75, 3.05) is 16.8 Å². The van der Waals surface area contributed by atoms with Gasteiger partial charge in [-0.05, 0) is 31.4 Å². The van der Waals surface area contributed by atoms with Gasteiger partial charge in [-0.25, -0.2) is 0 Å².